The number of nitrogens with zero attached hydrogens (tertiary/aromatic N) is 2. The minimum Gasteiger partial charge on any atom is -0.724 e. The maximum Gasteiger partial charge on any atom is 0.133 e. The number of hydrogen-bond donors (Lipinski definition) is 0. The molecule has 1 saturated carbocycles. The molecule has 14 heavy (non-hydrogen) atoms. The van der Waals surface area contributed by atoms with Crippen molar-refractivity contribution in [3.8, 4) is 0 Å². The fourth-order valence-corrected chi connectivity index (χ4v) is 1.24. The second-order valence-electron chi connectivity index (χ2n) is 2.92. The van der Waals surface area contributed by atoms with Crippen molar-refractivity contribution >= 4 is 17.9 Å². The molecule has 0 spiro atoms. The van der Waals surface area contributed by atoms with Crippen molar-refractivity contribution in [2.45, 2.75) is 32.6 Å². The van der Waals surface area contributed by atoms with Crippen LogP contribution in [0.15, 0.2) is 0 Å². The quantitative estimate of drug-likeness (QED) is 0.434. The van der Waals surface area contributed by atoms with E-state index in [1.807, 2.05) is 0 Å². The molecule has 1 fully saturated rings. The van der Waals surface area contributed by atoms with Gasteiger partial charge in [-0.05, 0) is 30.9 Å². The molecule has 1 unspecified atom stereocenters. The van der Waals surface area contributed by atoms with E-state index in [0.717, 1.165) is 19.3 Å². The summed E-state index contributed by atoms with van der Waals surface area (Å²) in [5, 5.41) is 13.5. The average Bonchev–Trinajstić information content (AvgIpc) is 2.06. The molecule has 0 amide bonds. The third-order valence-electron chi connectivity index (χ3n) is 1.73. The Hall–Kier alpha value is -1.57. The van der Waals surface area contributed by atoms with Crippen LogP contribution in [-0.4, -0.2) is 17.9 Å². The predicted octanol–water partition coefficient (Wildman–Crippen LogP) is 1.55. The smallest absolute Gasteiger partial charge is 0.133 e. The molecule has 0 heterocycles. The Bertz CT molecular complexity index is 214. The summed E-state index contributed by atoms with van der Waals surface area (Å²) >= 11 is 0. The van der Waals surface area contributed by atoms with Gasteiger partial charge in [0.2, 0.25) is 0 Å². The van der Waals surface area contributed by atoms with Crippen LogP contribution in [0.25, 0.3) is 10.8 Å². The summed E-state index contributed by atoms with van der Waals surface area (Å²) in [5.41, 5.74) is 0. The summed E-state index contributed by atoms with van der Waals surface area (Å²) in [7, 11) is 0. The van der Waals surface area contributed by atoms with Gasteiger partial charge in [-0.15, -0.1) is 0 Å². The van der Waals surface area contributed by atoms with Crippen LogP contribution in [0.4, 0.5) is 0 Å². The van der Waals surface area contributed by atoms with Crippen molar-refractivity contribution in [2.75, 3.05) is 0 Å². The maximum absolute atomic E-state index is 10.7. The van der Waals surface area contributed by atoms with Gasteiger partial charge in [0, 0.05) is 12.8 Å². The summed E-state index contributed by atoms with van der Waals surface area (Å²) in [4.78, 5) is 27.1. The highest BCUT2D eigenvalue weighted by atomic mass is 16.1. The molecule has 5 heteroatoms. The molecule has 0 saturated heterocycles. The second kappa shape index (κ2) is 11.4. The number of rotatable bonds is 0. The first-order valence-electron chi connectivity index (χ1n) is 4.16. The first-order valence-corrected chi connectivity index (χ1v) is 4.16. The maximum atomic E-state index is 10.7. The van der Waals surface area contributed by atoms with Crippen molar-refractivity contribution in [1.82, 2.24) is 0 Å². The van der Waals surface area contributed by atoms with Gasteiger partial charge in [-0.25, -0.2) is 0 Å². The van der Waals surface area contributed by atoms with E-state index in [-0.39, 0.29) is 0 Å². The van der Waals surface area contributed by atoms with E-state index >= 15 is 0 Å². The number of hydrogen-bond acceptors (Lipinski definition) is 3. The average molecular weight is 196 g/mol. The Morgan fingerprint density at radius 3 is 1.93 bits per heavy atom. The van der Waals surface area contributed by atoms with Crippen LogP contribution in [0.3, 0.4) is 0 Å². The van der Waals surface area contributed by atoms with Gasteiger partial charge < -0.3 is 10.8 Å². The third-order valence-corrected chi connectivity index (χ3v) is 1.73. The molecule has 0 aromatic heterocycles. The predicted molar refractivity (Wildman–Crippen MR) is 50.7 cm³/mol. The Kier molecular flexibility index (Phi) is 12.2. The van der Waals surface area contributed by atoms with Crippen LogP contribution >= 0.6 is 0 Å². The van der Waals surface area contributed by atoms with Crippen molar-refractivity contribution in [2.24, 2.45) is 5.92 Å². The number of ketones is 1. The molecule has 1 rings (SSSR count). The van der Waals surface area contributed by atoms with Gasteiger partial charge in [0.25, 0.3) is 0 Å². The summed E-state index contributed by atoms with van der Waals surface area (Å²) < 4.78 is 0. The Morgan fingerprint density at radius 1 is 1.29 bits per heavy atom. The van der Waals surface area contributed by atoms with E-state index in [2.05, 4.69) is 6.92 Å². The fraction of sp³-hybridized carbons (Fsp3) is 0.667. The SMILES string of the molecule is CC1CCCC(=O)C1.[N-]=C=O.[N-]=C=O. The zero-order valence-corrected chi connectivity index (χ0v) is 8.02. The minimum absolute atomic E-state index is 0.462. The van der Waals surface area contributed by atoms with E-state index in [9.17, 15) is 4.79 Å². The first kappa shape index (κ1) is 14.9. The Balaban J connectivity index is 0. The van der Waals surface area contributed by atoms with Crippen molar-refractivity contribution in [3.63, 3.8) is 0 Å². The highest BCUT2D eigenvalue weighted by molar-refractivity contribution is 5.79. The lowest BCUT2D eigenvalue weighted by Crippen LogP contribution is -2.11. The largest absolute Gasteiger partial charge is 0.724 e. The van der Waals surface area contributed by atoms with Crippen molar-refractivity contribution in [3.05, 3.63) is 10.8 Å². The van der Waals surface area contributed by atoms with E-state index in [1.165, 1.54) is 6.42 Å². The summed E-state index contributed by atoms with van der Waals surface area (Å²) in [6.07, 6.45) is 5.05. The molecule has 0 N–H and O–H groups in total. The van der Waals surface area contributed by atoms with Gasteiger partial charge in [-0.1, -0.05) is 6.92 Å². The van der Waals surface area contributed by atoms with Gasteiger partial charge in [-0.3, -0.25) is 14.4 Å². The number of isocyanates is 2. The molecule has 1 aliphatic rings. The van der Waals surface area contributed by atoms with Crippen molar-refractivity contribution < 1.29 is 14.4 Å². The van der Waals surface area contributed by atoms with Crippen LogP contribution < -0.4 is 0 Å². The van der Waals surface area contributed by atoms with Gasteiger partial charge in [-0.2, -0.15) is 0 Å². The molecule has 0 aromatic carbocycles. The standard InChI is InChI=1S/C7H12O.2CNO/c1-6-3-2-4-7(8)5-6;2*2-1-3/h6H,2-5H2,1H3;;/q;2*-1. The van der Waals surface area contributed by atoms with Crippen molar-refractivity contribution in [1.29, 1.82) is 0 Å². The van der Waals surface area contributed by atoms with Gasteiger partial charge in [0.05, 0.1) is 0 Å². The van der Waals surface area contributed by atoms with Crippen LogP contribution in [0.5, 0.6) is 0 Å². The molecule has 0 aliphatic heterocycles. The highest BCUT2D eigenvalue weighted by Gasteiger charge is 2.14. The normalized spacial score (nSPS) is 18.6. The minimum atomic E-state index is 0.462. The van der Waals surface area contributed by atoms with Gasteiger partial charge >= 0.3 is 0 Å². The Labute approximate surface area is 82.5 Å². The number of carbonyl (C=O) groups is 1. The Morgan fingerprint density at radius 2 is 1.71 bits per heavy atom. The molecule has 0 bridgehead atoms. The molecule has 0 radical (unpaired) electrons. The number of carbonyl (C=O) groups excluding carboxylic acids is 3. The number of Topliss-reactive ketones (excluding diaryl/α,β-unsaturated/α-hetero) is 1. The second-order valence-corrected chi connectivity index (χ2v) is 2.92. The summed E-state index contributed by atoms with van der Waals surface area (Å²) in [5.74, 6) is 1.12. The van der Waals surface area contributed by atoms with E-state index in [0.29, 0.717) is 23.9 Å². The first-order chi connectivity index (χ1) is 6.62. The third kappa shape index (κ3) is 13.1. The molecule has 0 aromatic rings. The van der Waals surface area contributed by atoms with Gasteiger partial charge in [0.15, 0.2) is 0 Å². The molecule has 78 valence electrons. The zero-order valence-electron chi connectivity index (χ0n) is 8.02. The van der Waals surface area contributed by atoms with Crippen LogP contribution in [0, 0.1) is 5.92 Å². The lowest BCUT2D eigenvalue weighted by molar-refractivity contribution is -0.121. The lowest BCUT2D eigenvalue weighted by Gasteiger charge is -2.14. The molecule has 5 nitrogen and oxygen atoms in total. The molecular weight excluding hydrogens is 184 g/mol. The monoisotopic (exact) mass is 196 g/mol. The van der Waals surface area contributed by atoms with E-state index in [4.69, 9.17) is 20.4 Å². The fourth-order valence-electron chi connectivity index (χ4n) is 1.24. The molecular formula is C9H12N2O3-2. The van der Waals surface area contributed by atoms with Crippen LogP contribution in [-0.2, 0) is 14.4 Å². The molecule has 1 aliphatic carbocycles. The summed E-state index contributed by atoms with van der Waals surface area (Å²) in [6, 6.07) is 0. The zero-order chi connectivity index (χ0) is 11.4. The summed E-state index contributed by atoms with van der Waals surface area (Å²) in [6.45, 7) is 2.15. The van der Waals surface area contributed by atoms with E-state index < -0.39 is 0 Å². The molecule has 1 atom stereocenters. The van der Waals surface area contributed by atoms with E-state index in [1.54, 1.807) is 0 Å². The lowest BCUT2D eigenvalue weighted by atomic mass is 9.90. The van der Waals surface area contributed by atoms with Gasteiger partial charge in [0.1, 0.15) is 5.78 Å². The van der Waals surface area contributed by atoms with Crippen LogP contribution in [0.2, 0.25) is 0 Å². The topological polar surface area (TPSA) is 95.8 Å². The van der Waals surface area contributed by atoms with Crippen LogP contribution in [0.1, 0.15) is 32.6 Å². The highest BCUT2D eigenvalue weighted by Crippen LogP contribution is 2.19.